The molecule has 4 rings (SSSR count). The van der Waals surface area contributed by atoms with Gasteiger partial charge in [0.2, 0.25) is 5.95 Å². The van der Waals surface area contributed by atoms with Gasteiger partial charge in [0, 0.05) is 56.9 Å². The van der Waals surface area contributed by atoms with Gasteiger partial charge in [-0.2, -0.15) is 4.98 Å². The van der Waals surface area contributed by atoms with Gasteiger partial charge in [0.15, 0.2) is 0 Å². The molecule has 0 radical (unpaired) electrons. The fourth-order valence-corrected chi connectivity index (χ4v) is 4.68. The van der Waals surface area contributed by atoms with Crippen molar-refractivity contribution in [2.75, 3.05) is 50.4 Å². The predicted molar refractivity (Wildman–Crippen MR) is 146 cm³/mol. The number of nitrogens with one attached hydrogen (secondary N) is 1. The molecule has 1 aromatic carbocycles. The average molecular weight is 478 g/mol. The third-order valence-electron chi connectivity index (χ3n) is 7.41. The molecule has 35 heavy (non-hydrogen) atoms. The number of rotatable bonds is 8. The zero-order valence-corrected chi connectivity index (χ0v) is 22.2. The Labute approximate surface area is 211 Å². The highest BCUT2D eigenvalue weighted by Gasteiger charge is 2.22. The molecule has 1 fully saturated rings. The monoisotopic (exact) mass is 477 g/mol. The molecule has 1 atom stereocenters. The van der Waals surface area contributed by atoms with Crippen molar-refractivity contribution >= 4 is 11.8 Å². The molecule has 1 aromatic heterocycles. The van der Waals surface area contributed by atoms with E-state index in [4.69, 9.17) is 5.73 Å². The van der Waals surface area contributed by atoms with Crippen molar-refractivity contribution in [3.63, 3.8) is 0 Å². The number of allylic oxidation sites excluding steroid dienone is 1. The first-order valence-electron chi connectivity index (χ1n) is 13.3. The molecule has 3 heterocycles. The standard InChI is InChI=1S/C28H43N7/c1-6-7-8-26(30-21(4)20(2)3)35-12-11-22-9-10-23(17-24(22)19-35)25-18-27(32-28(29)31-25)34-15-13-33(5)14-16-34/h8-10,17-18,20-21,30H,6-7,11-16,19H2,1-5H3,(H2,29,31,32)/b26-8-. The van der Waals surface area contributed by atoms with Crippen LogP contribution in [0.15, 0.2) is 36.2 Å². The van der Waals surface area contributed by atoms with E-state index in [1.165, 1.54) is 16.9 Å². The maximum atomic E-state index is 6.16. The van der Waals surface area contributed by atoms with Crippen LogP contribution >= 0.6 is 0 Å². The lowest BCUT2D eigenvalue weighted by Gasteiger charge is -2.35. The quantitative estimate of drug-likeness (QED) is 0.593. The van der Waals surface area contributed by atoms with E-state index in [1.54, 1.807) is 0 Å². The van der Waals surface area contributed by atoms with Gasteiger partial charge in [-0.05, 0) is 56.0 Å². The average Bonchev–Trinajstić information content (AvgIpc) is 2.85. The molecule has 2 aliphatic rings. The lowest BCUT2D eigenvalue weighted by atomic mass is 9.96. The molecule has 0 saturated carbocycles. The smallest absolute Gasteiger partial charge is 0.222 e. The molecular weight excluding hydrogens is 434 g/mol. The summed E-state index contributed by atoms with van der Waals surface area (Å²) >= 11 is 0. The Bertz CT molecular complexity index is 1020. The Hall–Kier alpha value is -2.80. The summed E-state index contributed by atoms with van der Waals surface area (Å²) in [5.74, 6) is 3.12. The second-order valence-electron chi connectivity index (χ2n) is 10.5. The number of nitrogens with two attached hydrogens (primary N) is 1. The number of benzene rings is 1. The number of anilines is 2. The predicted octanol–water partition coefficient (Wildman–Crippen LogP) is 4.11. The van der Waals surface area contributed by atoms with E-state index >= 15 is 0 Å². The summed E-state index contributed by atoms with van der Waals surface area (Å²) in [6.45, 7) is 15.0. The molecule has 2 aromatic rings. The van der Waals surface area contributed by atoms with Crippen LogP contribution in [0.1, 0.15) is 51.7 Å². The van der Waals surface area contributed by atoms with E-state index in [0.717, 1.165) is 75.6 Å². The number of likely N-dealkylation sites (N-methyl/N-ethyl adjacent to an activating group) is 1. The minimum absolute atomic E-state index is 0.340. The second kappa shape index (κ2) is 11.3. The summed E-state index contributed by atoms with van der Waals surface area (Å²) in [5.41, 5.74) is 11.0. The van der Waals surface area contributed by atoms with Crippen molar-refractivity contribution in [3.8, 4) is 11.3 Å². The van der Waals surface area contributed by atoms with Crippen LogP contribution in [0, 0.1) is 5.92 Å². The number of fused-ring (bicyclic) bond motifs is 1. The highest BCUT2D eigenvalue weighted by Crippen LogP contribution is 2.29. The number of nitrogens with zero attached hydrogens (tertiary/aromatic N) is 5. The molecule has 7 nitrogen and oxygen atoms in total. The number of nitrogen functional groups attached to an aromatic ring is 1. The molecule has 1 unspecified atom stereocenters. The van der Waals surface area contributed by atoms with Gasteiger partial charge in [0.1, 0.15) is 5.82 Å². The first-order chi connectivity index (χ1) is 16.8. The van der Waals surface area contributed by atoms with Crippen LogP contribution in [-0.2, 0) is 13.0 Å². The molecule has 0 bridgehead atoms. The van der Waals surface area contributed by atoms with Crippen LogP contribution in [0.5, 0.6) is 0 Å². The SMILES string of the molecule is CCC/C=C(/NC(C)C(C)C)N1CCc2ccc(-c3cc(N4CCN(C)CC4)nc(N)n3)cc2C1. The fourth-order valence-electron chi connectivity index (χ4n) is 4.68. The highest BCUT2D eigenvalue weighted by molar-refractivity contribution is 5.66. The van der Waals surface area contributed by atoms with Crippen molar-refractivity contribution in [2.24, 2.45) is 5.92 Å². The highest BCUT2D eigenvalue weighted by atomic mass is 15.3. The Morgan fingerprint density at radius 1 is 1.06 bits per heavy atom. The van der Waals surface area contributed by atoms with Gasteiger partial charge in [-0.1, -0.05) is 39.3 Å². The molecule has 2 aliphatic heterocycles. The van der Waals surface area contributed by atoms with E-state index in [9.17, 15) is 0 Å². The summed E-state index contributed by atoms with van der Waals surface area (Å²) in [6, 6.07) is 9.30. The first kappa shape index (κ1) is 25.3. The Kier molecular flexibility index (Phi) is 8.16. The summed E-state index contributed by atoms with van der Waals surface area (Å²) in [6.07, 6.45) is 5.67. The van der Waals surface area contributed by atoms with Crippen molar-refractivity contribution in [3.05, 3.63) is 47.3 Å². The van der Waals surface area contributed by atoms with Gasteiger partial charge in [0.05, 0.1) is 11.5 Å². The molecule has 0 aliphatic carbocycles. The Morgan fingerprint density at radius 3 is 2.54 bits per heavy atom. The lowest BCUT2D eigenvalue weighted by molar-refractivity contribution is 0.278. The van der Waals surface area contributed by atoms with Crippen molar-refractivity contribution in [1.29, 1.82) is 0 Å². The Morgan fingerprint density at radius 2 is 1.83 bits per heavy atom. The largest absolute Gasteiger partial charge is 0.369 e. The molecule has 1 saturated heterocycles. The van der Waals surface area contributed by atoms with E-state index in [0.29, 0.717) is 17.9 Å². The van der Waals surface area contributed by atoms with E-state index in [2.05, 4.69) is 95.1 Å². The maximum Gasteiger partial charge on any atom is 0.222 e. The second-order valence-corrected chi connectivity index (χ2v) is 10.5. The molecule has 0 spiro atoms. The summed E-state index contributed by atoms with van der Waals surface area (Å²) in [7, 11) is 2.16. The van der Waals surface area contributed by atoms with Gasteiger partial charge >= 0.3 is 0 Å². The number of hydrogen-bond donors (Lipinski definition) is 2. The molecular formula is C28H43N7. The number of hydrogen-bond acceptors (Lipinski definition) is 7. The lowest BCUT2D eigenvalue weighted by Crippen LogP contribution is -2.44. The molecule has 3 N–H and O–H groups in total. The zero-order chi connectivity index (χ0) is 24.9. The Balaban J connectivity index is 1.57. The van der Waals surface area contributed by atoms with Crippen molar-refractivity contribution in [2.45, 2.75) is 59.5 Å². The van der Waals surface area contributed by atoms with Crippen molar-refractivity contribution < 1.29 is 0 Å². The summed E-state index contributed by atoms with van der Waals surface area (Å²) in [4.78, 5) is 16.3. The minimum atomic E-state index is 0.340. The number of piperazine rings is 1. The third-order valence-corrected chi connectivity index (χ3v) is 7.41. The van der Waals surface area contributed by atoms with E-state index in [-0.39, 0.29) is 0 Å². The molecule has 190 valence electrons. The summed E-state index contributed by atoms with van der Waals surface area (Å²) in [5, 5.41) is 3.79. The zero-order valence-electron chi connectivity index (χ0n) is 22.2. The van der Waals surface area contributed by atoms with Gasteiger partial charge in [0.25, 0.3) is 0 Å². The normalized spacial score (nSPS) is 18.1. The van der Waals surface area contributed by atoms with E-state index in [1.807, 2.05) is 0 Å². The van der Waals surface area contributed by atoms with Gasteiger partial charge < -0.3 is 25.8 Å². The maximum absolute atomic E-state index is 6.16. The third kappa shape index (κ3) is 6.26. The molecule has 0 amide bonds. The van der Waals surface area contributed by atoms with Crippen LogP contribution < -0.4 is 16.0 Å². The van der Waals surface area contributed by atoms with E-state index < -0.39 is 0 Å². The van der Waals surface area contributed by atoms with Crippen LogP contribution in [0.2, 0.25) is 0 Å². The van der Waals surface area contributed by atoms with Crippen LogP contribution in [0.3, 0.4) is 0 Å². The molecule has 7 heteroatoms. The van der Waals surface area contributed by atoms with Gasteiger partial charge in [-0.15, -0.1) is 0 Å². The van der Waals surface area contributed by atoms with Crippen LogP contribution in [0.25, 0.3) is 11.3 Å². The van der Waals surface area contributed by atoms with Gasteiger partial charge in [-0.25, -0.2) is 4.98 Å². The first-order valence-corrected chi connectivity index (χ1v) is 13.3. The topological polar surface area (TPSA) is 73.5 Å². The van der Waals surface area contributed by atoms with Crippen LogP contribution in [0.4, 0.5) is 11.8 Å². The van der Waals surface area contributed by atoms with Crippen LogP contribution in [-0.4, -0.2) is 65.6 Å². The fraction of sp³-hybridized carbons (Fsp3) is 0.571. The van der Waals surface area contributed by atoms with Gasteiger partial charge in [-0.3, -0.25) is 0 Å². The number of unbranched alkanes of at least 4 members (excludes halogenated alkanes) is 1. The minimum Gasteiger partial charge on any atom is -0.369 e. The number of aromatic nitrogens is 2. The van der Waals surface area contributed by atoms with Crippen molar-refractivity contribution in [1.82, 2.24) is 25.1 Å². The summed E-state index contributed by atoms with van der Waals surface area (Å²) < 4.78 is 0.